The fourth-order valence-electron chi connectivity index (χ4n) is 6.58. The van der Waals surface area contributed by atoms with Crippen molar-refractivity contribution in [1.29, 1.82) is 0 Å². The average molecular weight is 931 g/mol. The van der Waals surface area contributed by atoms with Crippen LogP contribution in [-0.4, -0.2) is 133 Å². The van der Waals surface area contributed by atoms with Crippen LogP contribution in [0.2, 0.25) is 5.02 Å². The summed E-state index contributed by atoms with van der Waals surface area (Å²) in [6.45, 7) is 18.0. The average Bonchev–Trinajstić information content (AvgIpc) is 3.32. The van der Waals surface area contributed by atoms with Crippen molar-refractivity contribution in [2.45, 2.75) is 58.0 Å². The van der Waals surface area contributed by atoms with Crippen molar-refractivity contribution in [1.82, 2.24) is 15.1 Å². The number of rotatable bonds is 35. The van der Waals surface area contributed by atoms with Crippen molar-refractivity contribution in [3.63, 3.8) is 0 Å². The molecule has 0 heterocycles. The number of carbonyl (C=O) groups is 2. The topological polar surface area (TPSA) is 162 Å². The van der Waals surface area contributed by atoms with Gasteiger partial charge < -0.3 is 50.0 Å². The summed E-state index contributed by atoms with van der Waals surface area (Å²) >= 11 is 6.17. The molecular weight excluding hydrogens is 858 g/mol. The van der Waals surface area contributed by atoms with Gasteiger partial charge in [0.2, 0.25) is 11.8 Å². The van der Waals surface area contributed by atoms with Crippen molar-refractivity contribution in [2.75, 3.05) is 98.4 Å². The van der Waals surface area contributed by atoms with Crippen molar-refractivity contribution in [3.8, 4) is 11.5 Å². The molecule has 0 fully saturated rings. The van der Waals surface area contributed by atoms with Crippen LogP contribution in [0.15, 0.2) is 120 Å². The van der Waals surface area contributed by atoms with Gasteiger partial charge in [0.25, 0.3) is 0 Å². The minimum Gasteiger partial charge on any atom is -0.494 e. The molecule has 1 unspecified atom stereocenters. The van der Waals surface area contributed by atoms with E-state index in [9.17, 15) is 9.59 Å². The zero-order chi connectivity index (χ0) is 47.8. The number of benzene rings is 3. The number of carbonyl (C=O) groups excluding carboxylic acids is 2. The Morgan fingerprint density at radius 1 is 0.803 bits per heavy atom. The largest absolute Gasteiger partial charge is 0.494 e. The predicted octanol–water partition coefficient (Wildman–Crippen LogP) is 7.70. The fraction of sp³-hybridized carbons (Fsp3) is 0.451. The summed E-state index contributed by atoms with van der Waals surface area (Å²) in [6, 6.07) is 21.6. The van der Waals surface area contributed by atoms with Gasteiger partial charge in [-0.2, -0.15) is 5.10 Å². The van der Waals surface area contributed by atoms with Gasteiger partial charge in [0, 0.05) is 55.9 Å². The molecule has 14 nitrogen and oxygen atoms in total. The van der Waals surface area contributed by atoms with Gasteiger partial charge in [0.1, 0.15) is 24.1 Å². The predicted molar refractivity (Wildman–Crippen MR) is 268 cm³/mol. The summed E-state index contributed by atoms with van der Waals surface area (Å²) in [5.41, 5.74) is 4.19. The molecule has 0 aliphatic rings. The van der Waals surface area contributed by atoms with E-state index in [-0.39, 0.29) is 30.8 Å². The summed E-state index contributed by atoms with van der Waals surface area (Å²) in [5.74, 6) is 6.70. The van der Waals surface area contributed by atoms with E-state index >= 15 is 0 Å². The molecule has 15 heteroatoms. The third kappa shape index (κ3) is 22.1. The van der Waals surface area contributed by atoms with Crippen LogP contribution in [0.1, 0.15) is 56.7 Å². The molecule has 0 saturated heterocycles. The highest BCUT2D eigenvalue weighted by Crippen LogP contribution is 2.27. The first kappa shape index (κ1) is 54.8. The van der Waals surface area contributed by atoms with Crippen LogP contribution in [0.5, 0.6) is 11.5 Å². The number of aryl methyl sites for hydroxylation is 1. The highest BCUT2D eigenvalue weighted by atomic mass is 35.5. The Bertz CT molecular complexity index is 1940. The standard InChI is InChI=1S/C51H72ClN7O7/c1-7-11-41(8-2)38-56-51(61)50(43-15-17-44(52)18-16-43)59(40(3)4)49(60)25-14-42-12-21-47(22-13-42)65-30-10-9-28-58(6)29-33-64-35-34-62-31-26-46(57-53)39-55-27-32-63-36-37-66-48-23-19-45(54-5)20-24-48/h7-8,11-13,15-24,39-40,50,54H,1-2,9-10,14,25-38,53H2,3-6H3,(H,56,61)/b41-11+,55-39?,57-46-. The Labute approximate surface area is 397 Å². The normalized spacial score (nSPS) is 12.3. The number of anilines is 1. The van der Waals surface area contributed by atoms with Crippen molar-refractivity contribution in [2.24, 2.45) is 15.9 Å². The lowest BCUT2D eigenvalue weighted by molar-refractivity contribution is -0.142. The maximum absolute atomic E-state index is 13.8. The lowest BCUT2D eigenvalue weighted by Crippen LogP contribution is -2.47. The van der Waals surface area contributed by atoms with Crippen LogP contribution in [-0.2, 0) is 30.2 Å². The number of unbranched alkanes of at least 4 members (excludes halogenated alkanes) is 1. The SMILES string of the molecule is C=C/C=C(\C=C)CNC(=O)C(c1ccc(Cl)cc1)N(C(=O)CCc1ccc(OCCCCN(C)CCOCCOCC/C(C=NCCOCCOc2ccc(NC)cc2)=N/N)cc1)C(C)C. The number of ether oxygens (including phenoxy) is 5. The molecule has 0 radical (unpaired) electrons. The first-order valence-corrected chi connectivity index (χ1v) is 23.0. The molecule has 360 valence electrons. The van der Waals surface area contributed by atoms with Gasteiger partial charge in [0.15, 0.2) is 0 Å². The van der Waals surface area contributed by atoms with Crippen LogP contribution in [0.25, 0.3) is 0 Å². The number of hydrazone groups is 1. The Morgan fingerprint density at radius 2 is 1.45 bits per heavy atom. The monoisotopic (exact) mass is 930 g/mol. The number of nitrogens with one attached hydrogen (secondary N) is 2. The molecule has 1 atom stereocenters. The summed E-state index contributed by atoms with van der Waals surface area (Å²) < 4.78 is 28.7. The third-order valence-electron chi connectivity index (χ3n) is 10.3. The maximum Gasteiger partial charge on any atom is 0.247 e. The van der Waals surface area contributed by atoms with Crippen molar-refractivity contribution < 1.29 is 33.3 Å². The van der Waals surface area contributed by atoms with Crippen molar-refractivity contribution >= 4 is 41.0 Å². The van der Waals surface area contributed by atoms with Gasteiger partial charge in [-0.25, -0.2) is 0 Å². The third-order valence-corrected chi connectivity index (χ3v) is 10.5. The molecule has 0 aliphatic carbocycles. The van der Waals surface area contributed by atoms with E-state index in [2.05, 4.69) is 45.8 Å². The molecule has 0 bridgehead atoms. The zero-order valence-corrected chi connectivity index (χ0v) is 40.2. The number of aliphatic imine (C=N–C) groups is 1. The molecule has 2 amide bonds. The van der Waals surface area contributed by atoms with Gasteiger partial charge in [-0.3, -0.25) is 14.6 Å². The summed E-state index contributed by atoms with van der Waals surface area (Å²) in [6.07, 6.45) is 9.98. The van der Waals surface area contributed by atoms with Gasteiger partial charge in [0.05, 0.1) is 58.5 Å². The minimum atomic E-state index is -0.835. The number of nitrogens with zero attached hydrogens (tertiary/aromatic N) is 4. The van der Waals surface area contributed by atoms with Crippen LogP contribution in [0.4, 0.5) is 5.69 Å². The molecule has 0 saturated carbocycles. The van der Waals surface area contributed by atoms with Crippen LogP contribution in [0, 0.1) is 0 Å². The number of nitrogens with two attached hydrogens (primary N) is 1. The van der Waals surface area contributed by atoms with E-state index in [4.69, 9.17) is 41.1 Å². The molecule has 0 spiro atoms. The lowest BCUT2D eigenvalue weighted by Gasteiger charge is -2.35. The van der Waals surface area contributed by atoms with E-state index < -0.39 is 6.04 Å². The Hall–Kier alpha value is -5.51. The summed E-state index contributed by atoms with van der Waals surface area (Å²) in [7, 11) is 3.96. The van der Waals surface area contributed by atoms with Crippen LogP contribution < -0.4 is 25.9 Å². The van der Waals surface area contributed by atoms with Gasteiger partial charge in [-0.1, -0.05) is 67.3 Å². The van der Waals surface area contributed by atoms with Gasteiger partial charge in [-0.15, -0.1) is 0 Å². The molecule has 0 aliphatic heterocycles. The molecule has 66 heavy (non-hydrogen) atoms. The van der Waals surface area contributed by atoms with Gasteiger partial charge >= 0.3 is 0 Å². The van der Waals surface area contributed by atoms with Gasteiger partial charge in [-0.05, 0) is 112 Å². The van der Waals surface area contributed by atoms with Crippen molar-refractivity contribution in [3.05, 3.63) is 126 Å². The number of hydrogen-bond donors (Lipinski definition) is 3. The van der Waals surface area contributed by atoms with E-state index in [0.717, 1.165) is 54.3 Å². The first-order valence-electron chi connectivity index (χ1n) is 22.7. The first-order chi connectivity index (χ1) is 32.1. The highest BCUT2D eigenvalue weighted by Gasteiger charge is 2.33. The fourth-order valence-corrected chi connectivity index (χ4v) is 6.70. The smallest absolute Gasteiger partial charge is 0.247 e. The lowest BCUT2D eigenvalue weighted by atomic mass is 10.0. The Kier molecular flexibility index (Phi) is 27.4. The molecule has 0 aromatic heterocycles. The number of allylic oxidation sites excluding steroid dienone is 2. The molecule has 3 rings (SSSR count). The Balaban J connectivity index is 1.24. The second-order valence-corrected chi connectivity index (χ2v) is 16.1. The van der Waals surface area contributed by atoms with E-state index in [1.54, 1.807) is 53.6 Å². The Morgan fingerprint density at radius 3 is 2.11 bits per heavy atom. The number of halogens is 1. The summed E-state index contributed by atoms with van der Waals surface area (Å²) in [5, 5.41) is 10.4. The molecule has 4 N–H and O–H groups in total. The number of likely N-dealkylation sites (N-methyl/N-ethyl adjacent to an activating group) is 1. The zero-order valence-electron chi connectivity index (χ0n) is 39.4. The molecular formula is C51H72ClN7O7. The van der Waals surface area contributed by atoms with Crippen LogP contribution in [0.3, 0.4) is 0 Å². The number of amides is 2. The molecule has 3 aromatic carbocycles. The van der Waals surface area contributed by atoms with E-state index in [1.165, 1.54) is 0 Å². The highest BCUT2D eigenvalue weighted by molar-refractivity contribution is 6.30. The van der Waals surface area contributed by atoms with Crippen LogP contribution >= 0.6 is 11.6 Å². The second-order valence-electron chi connectivity index (χ2n) is 15.6. The quantitative estimate of drug-likeness (QED) is 0.0175. The van der Waals surface area contributed by atoms with E-state index in [1.807, 2.05) is 69.4 Å². The maximum atomic E-state index is 13.8. The summed E-state index contributed by atoms with van der Waals surface area (Å²) in [4.78, 5) is 35.8. The minimum absolute atomic E-state index is 0.123. The second kappa shape index (κ2) is 33.0. The number of hydrogen-bond acceptors (Lipinski definition) is 12. The molecule has 3 aromatic rings. The van der Waals surface area contributed by atoms with E-state index in [0.29, 0.717) is 88.5 Å².